The maximum absolute atomic E-state index is 13.5. The molecule has 260 valence electrons. The zero-order valence-electron chi connectivity index (χ0n) is 26.4. The van der Waals surface area contributed by atoms with Crippen molar-refractivity contribution in [2.45, 2.75) is 44.2 Å². The molecule has 2 atom stereocenters. The zero-order valence-corrected chi connectivity index (χ0v) is 27.9. The lowest BCUT2D eigenvalue weighted by molar-refractivity contribution is -0.138. The Balaban J connectivity index is 2.08. The molecule has 2 rings (SSSR count). The quantitative estimate of drug-likeness (QED) is 0.0704. The second-order valence-corrected chi connectivity index (χ2v) is 11.8. The number of carboxylic acids is 1. The Kier molecular flexibility index (Phi) is 19.3. The van der Waals surface area contributed by atoms with Crippen LogP contribution in [0.4, 0.5) is 5.82 Å². The number of pyridine rings is 1. The summed E-state index contributed by atoms with van der Waals surface area (Å²) >= 11 is 12.3. The Bertz CT molecular complexity index is 1230. The van der Waals surface area contributed by atoms with Crippen molar-refractivity contribution in [3.63, 3.8) is 0 Å². The molecule has 14 nitrogen and oxygen atoms in total. The molecule has 3 amide bonds. The number of halogens is 2. The predicted octanol–water partition coefficient (Wildman–Crippen LogP) is 1.01. The first kappa shape index (κ1) is 39.6. The van der Waals surface area contributed by atoms with E-state index in [-0.39, 0.29) is 41.3 Å². The topological polar surface area (TPSA) is 226 Å². The Hall–Kier alpha value is -3.53. The minimum atomic E-state index is -1.19. The van der Waals surface area contributed by atoms with E-state index in [1.807, 2.05) is 18.2 Å². The van der Waals surface area contributed by atoms with Gasteiger partial charge in [-0.25, -0.2) is 4.98 Å². The number of hydrogen-bond donors (Lipinski definition) is 9. The number of benzene rings is 1. The maximum atomic E-state index is 13.5. The largest absolute Gasteiger partial charge is 0.481 e. The molecule has 1 unspecified atom stereocenters. The number of hydrogen-bond acceptors (Lipinski definition) is 10. The predicted molar refractivity (Wildman–Crippen MR) is 183 cm³/mol. The fourth-order valence-corrected chi connectivity index (χ4v) is 5.17. The molecule has 2 aromatic rings. The second kappa shape index (κ2) is 22.9. The molecule has 0 saturated carbocycles. The fraction of sp³-hybridized carbons (Fsp3) is 0.516. The standard InChI is InChI=1S/C31H47Cl2N9O5/c32-23-14-22(15-24(33)16-23)25(17-30(45)46)42-31(47)26(41-28(43)6-2-4-10-39-27-5-1-3-9-38-27)20-40-29(44)13-21(18-36-11-7-34)19-37-12-8-35/h1,3,5,9,14-16,21,25-26,36-37H,2,4,6-8,10-13,17-20,34-35H2,(H,38,39)(H,40,44)(H,41,43)(H,42,47)(H,45,46)/t25?,26-/m0/s1. The third-order valence-electron chi connectivity index (χ3n) is 6.92. The van der Waals surface area contributed by atoms with Crippen LogP contribution in [0.1, 0.15) is 43.7 Å². The molecule has 47 heavy (non-hydrogen) atoms. The summed E-state index contributed by atoms with van der Waals surface area (Å²) < 4.78 is 0. The van der Waals surface area contributed by atoms with E-state index in [0.29, 0.717) is 64.2 Å². The number of nitrogens with zero attached hydrogens (tertiary/aromatic N) is 1. The van der Waals surface area contributed by atoms with E-state index < -0.39 is 36.3 Å². The highest BCUT2D eigenvalue weighted by Gasteiger charge is 2.27. The van der Waals surface area contributed by atoms with Gasteiger partial charge in [0.25, 0.3) is 0 Å². The van der Waals surface area contributed by atoms with Crippen molar-refractivity contribution in [1.82, 2.24) is 31.6 Å². The summed E-state index contributed by atoms with van der Waals surface area (Å²) in [5, 5.41) is 27.8. The molecule has 0 spiro atoms. The van der Waals surface area contributed by atoms with E-state index in [9.17, 15) is 24.3 Å². The molecular formula is C31H47Cl2N9O5. The highest BCUT2D eigenvalue weighted by Crippen LogP contribution is 2.25. The van der Waals surface area contributed by atoms with Gasteiger partial charge in [0.05, 0.1) is 12.5 Å². The third kappa shape index (κ3) is 17.3. The first-order valence-electron chi connectivity index (χ1n) is 15.6. The van der Waals surface area contributed by atoms with Gasteiger partial charge in [-0.3, -0.25) is 19.2 Å². The summed E-state index contributed by atoms with van der Waals surface area (Å²) in [7, 11) is 0. The van der Waals surface area contributed by atoms with Crippen LogP contribution in [0.5, 0.6) is 0 Å². The number of anilines is 1. The van der Waals surface area contributed by atoms with E-state index in [4.69, 9.17) is 34.7 Å². The van der Waals surface area contributed by atoms with Crippen LogP contribution in [0.25, 0.3) is 0 Å². The van der Waals surface area contributed by atoms with Crippen LogP contribution >= 0.6 is 23.2 Å². The summed E-state index contributed by atoms with van der Waals surface area (Å²) in [6.07, 6.45) is 2.69. The van der Waals surface area contributed by atoms with Crippen molar-refractivity contribution in [3.8, 4) is 0 Å². The van der Waals surface area contributed by atoms with Gasteiger partial charge in [-0.15, -0.1) is 0 Å². The number of aliphatic carboxylic acids is 1. The number of carboxylic acid groups (broad SMARTS) is 1. The zero-order chi connectivity index (χ0) is 34.4. The number of amides is 3. The van der Waals surface area contributed by atoms with Crippen LogP contribution in [0.2, 0.25) is 10.0 Å². The Labute approximate surface area is 285 Å². The van der Waals surface area contributed by atoms with Gasteiger partial charge in [0.2, 0.25) is 17.7 Å². The summed E-state index contributed by atoms with van der Waals surface area (Å²) in [6, 6.07) is 7.84. The van der Waals surface area contributed by atoms with E-state index in [2.05, 4.69) is 36.9 Å². The molecule has 0 radical (unpaired) electrons. The minimum Gasteiger partial charge on any atom is -0.481 e. The molecule has 0 aliphatic carbocycles. The van der Waals surface area contributed by atoms with Crippen LogP contribution in [-0.2, 0) is 19.2 Å². The highest BCUT2D eigenvalue weighted by molar-refractivity contribution is 6.34. The van der Waals surface area contributed by atoms with Crippen molar-refractivity contribution < 1.29 is 24.3 Å². The van der Waals surface area contributed by atoms with Gasteiger partial charge in [0, 0.05) is 68.4 Å². The third-order valence-corrected chi connectivity index (χ3v) is 7.36. The molecule has 0 fully saturated rings. The molecule has 0 saturated heterocycles. The molecule has 0 aliphatic rings. The molecule has 0 aliphatic heterocycles. The first-order chi connectivity index (χ1) is 22.6. The molecule has 11 N–H and O–H groups in total. The van der Waals surface area contributed by atoms with Gasteiger partial charge in [0.1, 0.15) is 11.9 Å². The molecule has 0 bridgehead atoms. The number of carbonyl (C=O) groups is 4. The van der Waals surface area contributed by atoms with Crippen LogP contribution in [0.3, 0.4) is 0 Å². The van der Waals surface area contributed by atoms with E-state index in [1.165, 1.54) is 18.2 Å². The Morgan fingerprint density at radius 2 is 1.51 bits per heavy atom. The van der Waals surface area contributed by atoms with Crippen molar-refractivity contribution in [2.24, 2.45) is 17.4 Å². The van der Waals surface area contributed by atoms with E-state index in [0.717, 1.165) is 5.82 Å². The first-order valence-corrected chi connectivity index (χ1v) is 16.4. The minimum absolute atomic E-state index is 0.0813. The number of carbonyl (C=O) groups excluding carboxylic acids is 3. The molecule has 1 aromatic heterocycles. The van der Waals surface area contributed by atoms with Crippen LogP contribution in [0.15, 0.2) is 42.6 Å². The van der Waals surface area contributed by atoms with Crippen molar-refractivity contribution in [1.29, 1.82) is 0 Å². The summed E-state index contributed by atoms with van der Waals surface area (Å²) in [6.45, 7) is 3.56. The van der Waals surface area contributed by atoms with Crippen LogP contribution < -0.4 is 43.4 Å². The fourth-order valence-electron chi connectivity index (χ4n) is 4.63. The Morgan fingerprint density at radius 1 is 0.830 bits per heavy atom. The van der Waals surface area contributed by atoms with Gasteiger partial charge in [-0.1, -0.05) is 29.3 Å². The summed E-state index contributed by atoms with van der Waals surface area (Å²) in [5.41, 5.74) is 11.5. The van der Waals surface area contributed by atoms with Gasteiger partial charge < -0.3 is 48.5 Å². The summed E-state index contributed by atoms with van der Waals surface area (Å²) in [5.74, 6) is -1.92. The number of nitrogens with one attached hydrogen (secondary N) is 6. The smallest absolute Gasteiger partial charge is 0.305 e. The van der Waals surface area contributed by atoms with Gasteiger partial charge in [0.15, 0.2) is 0 Å². The number of nitrogens with two attached hydrogens (primary N) is 2. The SMILES string of the molecule is NCCNCC(CNCCN)CC(=O)NC[C@H](NC(=O)CCCCNc1ccccn1)C(=O)NC(CC(=O)O)c1cc(Cl)cc(Cl)c1. The van der Waals surface area contributed by atoms with Gasteiger partial charge in [-0.2, -0.15) is 0 Å². The van der Waals surface area contributed by atoms with Gasteiger partial charge >= 0.3 is 5.97 Å². The van der Waals surface area contributed by atoms with E-state index in [1.54, 1.807) is 6.20 Å². The van der Waals surface area contributed by atoms with Crippen molar-refractivity contribution in [2.75, 3.05) is 57.7 Å². The monoisotopic (exact) mass is 695 g/mol. The number of aromatic nitrogens is 1. The second-order valence-electron chi connectivity index (χ2n) is 10.9. The normalized spacial score (nSPS) is 12.3. The Morgan fingerprint density at radius 3 is 2.11 bits per heavy atom. The summed E-state index contributed by atoms with van der Waals surface area (Å²) in [4.78, 5) is 55.3. The number of rotatable bonds is 24. The molecule has 16 heteroatoms. The van der Waals surface area contributed by atoms with Crippen molar-refractivity contribution in [3.05, 3.63) is 58.2 Å². The van der Waals surface area contributed by atoms with Crippen LogP contribution in [0, 0.1) is 5.92 Å². The molecule has 1 heterocycles. The lowest BCUT2D eigenvalue weighted by Crippen LogP contribution is -2.53. The number of unbranched alkanes of at least 4 members (excludes halogenated alkanes) is 1. The van der Waals surface area contributed by atoms with Crippen molar-refractivity contribution >= 4 is 52.7 Å². The maximum Gasteiger partial charge on any atom is 0.305 e. The van der Waals surface area contributed by atoms with Gasteiger partial charge in [-0.05, 0) is 67.7 Å². The average Bonchev–Trinajstić information content (AvgIpc) is 3.02. The molecular weight excluding hydrogens is 649 g/mol. The molecule has 1 aromatic carbocycles. The highest BCUT2D eigenvalue weighted by atomic mass is 35.5. The average molecular weight is 697 g/mol. The lowest BCUT2D eigenvalue weighted by Gasteiger charge is -2.24. The van der Waals surface area contributed by atoms with E-state index >= 15 is 0 Å². The lowest BCUT2D eigenvalue weighted by atomic mass is 10.0. The van der Waals surface area contributed by atoms with Crippen LogP contribution in [-0.4, -0.2) is 92.2 Å².